The highest BCUT2D eigenvalue weighted by Gasteiger charge is 2.08. The maximum atomic E-state index is 11.9. The molecule has 0 fully saturated rings. The molecule has 6 nitrogen and oxygen atoms in total. The number of carbonyl (C=O) groups excluding carboxylic acids is 1. The van der Waals surface area contributed by atoms with E-state index >= 15 is 0 Å². The first kappa shape index (κ1) is 14.9. The Bertz CT molecular complexity index is 568. The minimum absolute atomic E-state index is 0.261. The normalized spacial score (nSPS) is 10.4. The third-order valence-corrected chi connectivity index (χ3v) is 2.73. The van der Waals surface area contributed by atoms with Crippen LogP contribution in [-0.2, 0) is 6.54 Å². The molecule has 2 rings (SSSR count). The molecule has 21 heavy (non-hydrogen) atoms. The van der Waals surface area contributed by atoms with Gasteiger partial charge in [0, 0.05) is 12.7 Å². The lowest BCUT2D eigenvalue weighted by Gasteiger charge is -2.08. The lowest BCUT2D eigenvalue weighted by Crippen LogP contribution is -2.24. The fourth-order valence-corrected chi connectivity index (χ4v) is 1.61. The lowest BCUT2D eigenvalue weighted by molar-refractivity contribution is 0.0945. The molecule has 0 aromatic carbocycles. The molecule has 2 aromatic rings. The van der Waals surface area contributed by atoms with Crippen LogP contribution in [0.3, 0.4) is 0 Å². The maximum absolute atomic E-state index is 11.9. The number of hydrogen-bond donors (Lipinski definition) is 2. The second kappa shape index (κ2) is 7.33. The van der Waals surface area contributed by atoms with E-state index in [1.165, 1.54) is 6.20 Å². The van der Waals surface area contributed by atoms with Gasteiger partial charge in [-0.15, -0.1) is 0 Å². The molecule has 0 bridgehead atoms. The Morgan fingerprint density at radius 3 is 2.67 bits per heavy atom. The minimum Gasteiger partial charge on any atom is -0.369 e. The molecule has 0 saturated carbocycles. The number of nitrogens with zero attached hydrogens (tertiary/aromatic N) is 3. The Morgan fingerprint density at radius 2 is 2.05 bits per heavy atom. The van der Waals surface area contributed by atoms with Gasteiger partial charge >= 0.3 is 0 Å². The Balaban J connectivity index is 1.88. The van der Waals surface area contributed by atoms with Gasteiger partial charge in [-0.25, -0.2) is 9.97 Å². The van der Waals surface area contributed by atoms with Crippen LogP contribution in [0.25, 0.3) is 0 Å². The molecule has 2 heterocycles. The Morgan fingerprint density at radius 1 is 1.19 bits per heavy atom. The predicted octanol–water partition coefficient (Wildman–Crippen LogP) is 1.87. The Labute approximate surface area is 124 Å². The zero-order valence-electron chi connectivity index (χ0n) is 12.2. The van der Waals surface area contributed by atoms with E-state index in [0.717, 1.165) is 12.2 Å². The number of amides is 1. The third-order valence-electron chi connectivity index (χ3n) is 2.73. The molecule has 0 saturated heterocycles. The van der Waals surface area contributed by atoms with Gasteiger partial charge in [0.25, 0.3) is 5.91 Å². The molecule has 0 atom stereocenters. The second-order valence-electron chi connectivity index (χ2n) is 5.07. The van der Waals surface area contributed by atoms with Gasteiger partial charge in [-0.05, 0) is 18.1 Å². The standard InChI is InChI=1S/C15H19N5O/c1-11(2)7-18-14-10-17-13(9-19-14)15(21)20-8-12-5-3-4-6-16-12/h3-6,9-11H,7-8H2,1-2H3,(H,18,19)(H,20,21). The van der Waals surface area contributed by atoms with Crippen LogP contribution >= 0.6 is 0 Å². The van der Waals surface area contributed by atoms with E-state index in [9.17, 15) is 4.79 Å². The van der Waals surface area contributed by atoms with Gasteiger partial charge in [0.05, 0.1) is 24.6 Å². The summed E-state index contributed by atoms with van der Waals surface area (Å²) in [6, 6.07) is 5.56. The van der Waals surface area contributed by atoms with Gasteiger partial charge in [-0.2, -0.15) is 0 Å². The van der Waals surface area contributed by atoms with E-state index in [-0.39, 0.29) is 5.91 Å². The first-order chi connectivity index (χ1) is 10.1. The summed E-state index contributed by atoms with van der Waals surface area (Å²) in [6.07, 6.45) is 4.73. The van der Waals surface area contributed by atoms with Crippen molar-refractivity contribution in [3.8, 4) is 0 Å². The van der Waals surface area contributed by atoms with Gasteiger partial charge in [0.15, 0.2) is 0 Å². The van der Waals surface area contributed by atoms with Crippen molar-refractivity contribution in [1.82, 2.24) is 20.3 Å². The summed E-state index contributed by atoms with van der Waals surface area (Å²) in [7, 11) is 0. The van der Waals surface area contributed by atoms with Crippen LogP contribution in [0.4, 0.5) is 5.82 Å². The van der Waals surface area contributed by atoms with Crippen molar-refractivity contribution in [1.29, 1.82) is 0 Å². The molecule has 2 aromatic heterocycles. The van der Waals surface area contributed by atoms with E-state index < -0.39 is 0 Å². The number of hydrogen-bond acceptors (Lipinski definition) is 5. The summed E-state index contributed by atoms with van der Waals surface area (Å²) < 4.78 is 0. The highest BCUT2D eigenvalue weighted by Crippen LogP contribution is 2.03. The molecule has 0 spiro atoms. The smallest absolute Gasteiger partial charge is 0.271 e. The minimum atomic E-state index is -0.261. The van der Waals surface area contributed by atoms with Crippen LogP contribution < -0.4 is 10.6 Å². The summed E-state index contributed by atoms with van der Waals surface area (Å²) in [5.74, 6) is 0.932. The topological polar surface area (TPSA) is 79.8 Å². The molecule has 0 aliphatic rings. The van der Waals surface area contributed by atoms with Crippen molar-refractivity contribution in [3.05, 3.63) is 48.2 Å². The van der Waals surface area contributed by atoms with Crippen molar-refractivity contribution in [2.75, 3.05) is 11.9 Å². The molecule has 1 amide bonds. The lowest BCUT2D eigenvalue weighted by atomic mass is 10.2. The number of nitrogens with one attached hydrogen (secondary N) is 2. The Hall–Kier alpha value is -2.50. The molecule has 6 heteroatoms. The molecule has 0 aliphatic heterocycles. The van der Waals surface area contributed by atoms with Crippen LogP contribution in [0, 0.1) is 5.92 Å². The summed E-state index contributed by atoms with van der Waals surface area (Å²) in [5.41, 5.74) is 1.09. The molecule has 0 unspecified atom stereocenters. The fourth-order valence-electron chi connectivity index (χ4n) is 1.61. The van der Waals surface area contributed by atoms with E-state index in [1.54, 1.807) is 12.4 Å². The summed E-state index contributed by atoms with van der Waals surface area (Å²) >= 11 is 0. The van der Waals surface area contributed by atoms with Gasteiger partial charge in [-0.3, -0.25) is 9.78 Å². The summed E-state index contributed by atoms with van der Waals surface area (Å²) in [4.78, 5) is 24.4. The van der Waals surface area contributed by atoms with Gasteiger partial charge < -0.3 is 10.6 Å². The molecule has 2 N–H and O–H groups in total. The number of pyridine rings is 1. The fraction of sp³-hybridized carbons (Fsp3) is 0.333. The van der Waals surface area contributed by atoms with Gasteiger partial charge in [0.2, 0.25) is 0 Å². The molecular weight excluding hydrogens is 266 g/mol. The van der Waals surface area contributed by atoms with Crippen LogP contribution in [0.1, 0.15) is 30.0 Å². The number of aromatic nitrogens is 3. The van der Waals surface area contributed by atoms with E-state index in [2.05, 4.69) is 39.4 Å². The van der Waals surface area contributed by atoms with Crippen LogP contribution in [0.2, 0.25) is 0 Å². The van der Waals surface area contributed by atoms with E-state index in [4.69, 9.17) is 0 Å². The second-order valence-corrected chi connectivity index (χ2v) is 5.07. The van der Waals surface area contributed by atoms with Crippen molar-refractivity contribution < 1.29 is 4.79 Å². The maximum Gasteiger partial charge on any atom is 0.271 e. The van der Waals surface area contributed by atoms with Crippen molar-refractivity contribution in [3.63, 3.8) is 0 Å². The largest absolute Gasteiger partial charge is 0.369 e. The van der Waals surface area contributed by atoms with Crippen LogP contribution in [0.15, 0.2) is 36.8 Å². The molecular formula is C15H19N5O. The summed E-state index contributed by atoms with van der Waals surface area (Å²) in [6.45, 7) is 5.41. The highest BCUT2D eigenvalue weighted by atomic mass is 16.1. The quantitative estimate of drug-likeness (QED) is 0.847. The SMILES string of the molecule is CC(C)CNc1cnc(C(=O)NCc2ccccn2)cn1. The zero-order chi connectivity index (χ0) is 15.1. The monoisotopic (exact) mass is 285 g/mol. The zero-order valence-corrected chi connectivity index (χ0v) is 12.2. The van der Waals surface area contributed by atoms with Crippen molar-refractivity contribution >= 4 is 11.7 Å². The van der Waals surface area contributed by atoms with Crippen molar-refractivity contribution in [2.45, 2.75) is 20.4 Å². The molecule has 110 valence electrons. The van der Waals surface area contributed by atoms with Crippen molar-refractivity contribution in [2.24, 2.45) is 5.92 Å². The van der Waals surface area contributed by atoms with Gasteiger partial charge in [-0.1, -0.05) is 19.9 Å². The third kappa shape index (κ3) is 4.83. The number of rotatable bonds is 6. The first-order valence-corrected chi connectivity index (χ1v) is 6.89. The average molecular weight is 285 g/mol. The Kier molecular flexibility index (Phi) is 5.20. The average Bonchev–Trinajstić information content (AvgIpc) is 2.52. The predicted molar refractivity (Wildman–Crippen MR) is 80.8 cm³/mol. The van der Waals surface area contributed by atoms with E-state index in [0.29, 0.717) is 24.0 Å². The van der Waals surface area contributed by atoms with Crippen LogP contribution in [-0.4, -0.2) is 27.4 Å². The first-order valence-electron chi connectivity index (χ1n) is 6.89. The highest BCUT2D eigenvalue weighted by molar-refractivity contribution is 5.91. The molecule has 0 aliphatic carbocycles. The van der Waals surface area contributed by atoms with Gasteiger partial charge in [0.1, 0.15) is 11.5 Å². The van der Waals surface area contributed by atoms with Crippen LogP contribution in [0.5, 0.6) is 0 Å². The molecule has 0 radical (unpaired) electrons. The van der Waals surface area contributed by atoms with E-state index in [1.807, 2.05) is 18.2 Å². The number of anilines is 1. The number of carbonyl (C=O) groups is 1. The summed E-state index contributed by atoms with van der Waals surface area (Å²) in [5, 5.41) is 5.91.